The fraction of sp³-hybridized carbons (Fsp3) is 0.556. The molecule has 2 heterocycles. The Kier molecular flexibility index (Phi) is 2.25. The van der Waals surface area contributed by atoms with E-state index in [0.29, 0.717) is 11.8 Å². The van der Waals surface area contributed by atoms with Gasteiger partial charge in [0.1, 0.15) is 0 Å². The normalized spacial score (nSPS) is 16.4. The van der Waals surface area contributed by atoms with Gasteiger partial charge in [0.25, 0.3) is 0 Å². The van der Waals surface area contributed by atoms with Gasteiger partial charge < -0.3 is 15.4 Å². The molecule has 0 fully saturated rings. The summed E-state index contributed by atoms with van der Waals surface area (Å²) in [4.78, 5) is 10.5. The molecule has 2 N–H and O–H groups in total. The van der Waals surface area contributed by atoms with Crippen molar-refractivity contribution in [2.24, 2.45) is 0 Å². The number of likely N-dealkylation sites (N-methyl/N-ethyl adjacent to an activating group) is 1. The third-order valence-electron chi connectivity index (χ3n) is 2.42. The van der Waals surface area contributed by atoms with Crippen LogP contribution in [0.1, 0.15) is 11.3 Å². The molecule has 0 unspecified atom stereocenters. The molecule has 1 aromatic heterocycles. The first kappa shape index (κ1) is 9.21. The fourth-order valence-electron chi connectivity index (χ4n) is 1.71. The smallest absolute Gasteiger partial charge is 0.223 e. The standard InChI is InChI=1S/C9H14N4O/c1-13-4-3-7-6(5-13)8(14-2)12-9(10)11-7/h3-5H2,1-2H3,(H2,10,11,12). The number of anilines is 1. The molecule has 0 spiro atoms. The van der Waals surface area contributed by atoms with E-state index < -0.39 is 0 Å². The van der Waals surface area contributed by atoms with Crippen LogP contribution >= 0.6 is 0 Å². The lowest BCUT2D eigenvalue weighted by atomic mass is 10.1. The Hall–Kier alpha value is -1.36. The average molecular weight is 194 g/mol. The van der Waals surface area contributed by atoms with Gasteiger partial charge in [-0.15, -0.1) is 0 Å². The quantitative estimate of drug-likeness (QED) is 0.684. The highest BCUT2D eigenvalue weighted by Gasteiger charge is 2.20. The predicted octanol–water partition coefficient (Wildman–Crippen LogP) is 0.0553. The number of nitrogens with two attached hydrogens (primary N) is 1. The molecule has 5 heteroatoms. The Morgan fingerprint density at radius 1 is 1.43 bits per heavy atom. The molecule has 0 atom stereocenters. The first-order valence-electron chi connectivity index (χ1n) is 4.58. The number of hydrogen-bond donors (Lipinski definition) is 1. The van der Waals surface area contributed by atoms with Crippen LogP contribution in [-0.4, -0.2) is 35.6 Å². The van der Waals surface area contributed by atoms with Crippen LogP contribution in [0.15, 0.2) is 0 Å². The lowest BCUT2D eigenvalue weighted by Crippen LogP contribution is -2.28. The topological polar surface area (TPSA) is 64.3 Å². The average Bonchev–Trinajstić information content (AvgIpc) is 2.17. The molecular formula is C9H14N4O. The van der Waals surface area contributed by atoms with E-state index >= 15 is 0 Å². The molecule has 0 radical (unpaired) electrons. The molecule has 5 nitrogen and oxygen atoms in total. The predicted molar refractivity (Wildman–Crippen MR) is 53.0 cm³/mol. The zero-order valence-electron chi connectivity index (χ0n) is 8.45. The van der Waals surface area contributed by atoms with E-state index in [1.807, 2.05) is 0 Å². The molecule has 0 aliphatic carbocycles. The van der Waals surface area contributed by atoms with E-state index in [-0.39, 0.29) is 0 Å². The van der Waals surface area contributed by atoms with Crippen molar-refractivity contribution >= 4 is 5.95 Å². The number of nitrogen functional groups attached to an aromatic ring is 1. The second-order valence-electron chi connectivity index (χ2n) is 3.50. The van der Waals surface area contributed by atoms with Crippen LogP contribution in [0.25, 0.3) is 0 Å². The first-order valence-corrected chi connectivity index (χ1v) is 4.58. The molecule has 14 heavy (non-hydrogen) atoms. The molecule has 0 amide bonds. The summed E-state index contributed by atoms with van der Waals surface area (Å²) in [6.07, 6.45) is 0.912. The zero-order chi connectivity index (χ0) is 10.1. The highest BCUT2D eigenvalue weighted by atomic mass is 16.5. The van der Waals surface area contributed by atoms with Gasteiger partial charge in [-0.3, -0.25) is 0 Å². The molecule has 1 aromatic rings. The lowest BCUT2D eigenvalue weighted by Gasteiger charge is -2.24. The van der Waals surface area contributed by atoms with Crippen molar-refractivity contribution < 1.29 is 4.74 Å². The molecule has 1 aliphatic heterocycles. The molecular weight excluding hydrogens is 180 g/mol. The molecule has 2 rings (SSSR count). The summed E-state index contributed by atoms with van der Waals surface area (Å²) in [5, 5.41) is 0. The Morgan fingerprint density at radius 2 is 2.21 bits per heavy atom. The largest absolute Gasteiger partial charge is 0.481 e. The molecule has 0 aromatic carbocycles. The van der Waals surface area contributed by atoms with Crippen molar-refractivity contribution in [3.05, 3.63) is 11.3 Å². The van der Waals surface area contributed by atoms with Crippen LogP contribution in [0.2, 0.25) is 0 Å². The van der Waals surface area contributed by atoms with Gasteiger partial charge in [-0.25, -0.2) is 4.98 Å². The minimum absolute atomic E-state index is 0.296. The van der Waals surface area contributed by atoms with E-state index in [0.717, 1.165) is 30.8 Å². The van der Waals surface area contributed by atoms with E-state index in [1.54, 1.807) is 7.11 Å². The van der Waals surface area contributed by atoms with Gasteiger partial charge in [-0.2, -0.15) is 4.98 Å². The van der Waals surface area contributed by atoms with Crippen LogP contribution < -0.4 is 10.5 Å². The van der Waals surface area contributed by atoms with E-state index in [1.165, 1.54) is 0 Å². The minimum atomic E-state index is 0.296. The number of fused-ring (bicyclic) bond motifs is 1. The molecule has 0 saturated heterocycles. The Bertz CT molecular complexity index is 336. The monoisotopic (exact) mass is 194 g/mol. The van der Waals surface area contributed by atoms with E-state index in [4.69, 9.17) is 10.5 Å². The van der Waals surface area contributed by atoms with Crippen LogP contribution in [0.4, 0.5) is 5.95 Å². The zero-order valence-corrected chi connectivity index (χ0v) is 8.45. The third-order valence-corrected chi connectivity index (χ3v) is 2.42. The van der Waals surface area contributed by atoms with Crippen molar-refractivity contribution in [3.8, 4) is 5.88 Å². The maximum atomic E-state index is 5.58. The summed E-state index contributed by atoms with van der Waals surface area (Å²) in [6.45, 7) is 1.84. The van der Waals surface area contributed by atoms with Gasteiger partial charge in [-0.05, 0) is 7.05 Å². The summed E-state index contributed by atoms with van der Waals surface area (Å²) in [5.74, 6) is 0.907. The number of methoxy groups -OCH3 is 1. The van der Waals surface area contributed by atoms with Crippen LogP contribution in [0.5, 0.6) is 5.88 Å². The van der Waals surface area contributed by atoms with Crippen LogP contribution in [0, 0.1) is 0 Å². The Balaban J connectivity index is 2.47. The molecule has 76 valence electrons. The first-order chi connectivity index (χ1) is 6.70. The molecule has 0 saturated carbocycles. The van der Waals surface area contributed by atoms with Gasteiger partial charge in [0, 0.05) is 19.5 Å². The van der Waals surface area contributed by atoms with Gasteiger partial charge >= 0.3 is 0 Å². The van der Waals surface area contributed by atoms with E-state index in [9.17, 15) is 0 Å². The lowest BCUT2D eigenvalue weighted by molar-refractivity contribution is 0.295. The summed E-state index contributed by atoms with van der Waals surface area (Å²) >= 11 is 0. The van der Waals surface area contributed by atoms with Crippen molar-refractivity contribution in [1.82, 2.24) is 14.9 Å². The SMILES string of the molecule is COc1nc(N)nc2c1CN(C)CC2. The number of aromatic nitrogens is 2. The highest BCUT2D eigenvalue weighted by molar-refractivity contribution is 5.37. The van der Waals surface area contributed by atoms with Gasteiger partial charge in [0.05, 0.1) is 18.4 Å². The van der Waals surface area contributed by atoms with Crippen LogP contribution in [-0.2, 0) is 13.0 Å². The third kappa shape index (κ3) is 1.50. The van der Waals surface area contributed by atoms with Crippen molar-refractivity contribution in [1.29, 1.82) is 0 Å². The van der Waals surface area contributed by atoms with Gasteiger partial charge in [0.2, 0.25) is 11.8 Å². The molecule has 1 aliphatic rings. The van der Waals surface area contributed by atoms with Crippen LogP contribution in [0.3, 0.4) is 0 Å². The summed E-state index contributed by atoms with van der Waals surface area (Å²) < 4.78 is 5.18. The van der Waals surface area contributed by atoms with Gasteiger partial charge in [0.15, 0.2) is 0 Å². The van der Waals surface area contributed by atoms with Crippen molar-refractivity contribution in [2.45, 2.75) is 13.0 Å². The number of ether oxygens (including phenoxy) is 1. The number of rotatable bonds is 1. The van der Waals surface area contributed by atoms with Crippen molar-refractivity contribution in [2.75, 3.05) is 26.4 Å². The summed E-state index contributed by atoms with van der Waals surface area (Å²) in [7, 11) is 3.68. The molecule has 0 bridgehead atoms. The number of nitrogens with zero attached hydrogens (tertiary/aromatic N) is 3. The van der Waals surface area contributed by atoms with Crippen molar-refractivity contribution in [3.63, 3.8) is 0 Å². The maximum Gasteiger partial charge on any atom is 0.223 e. The highest BCUT2D eigenvalue weighted by Crippen LogP contribution is 2.24. The van der Waals surface area contributed by atoms with E-state index in [2.05, 4.69) is 21.9 Å². The maximum absolute atomic E-state index is 5.58. The summed E-state index contributed by atoms with van der Waals surface area (Å²) in [5.41, 5.74) is 7.66. The minimum Gasteiger partial charge on any atom is -0.481 e. The Morgan fingerprint density at radius 3 is 2.93 bits per heavy atom. The number of hydrogen-bond acceptors (Lipinski definition) is 5. The fourth-order valence-corrected chi connectivity index (χ4v) is 1.71. The summed E-state index contributed by atoms with van der Waals surface area (Å²) in [6, 6.07) is 0. The second-order valence-corrected chi connectivity index (χ2v) is 3.50. The Labute approximate surface area is 82.9 Å². The second kappa shape index (κ2) is 3.42. The van der Waals surface area contributed by atoms with Gasteiger partial charge in [-0.1, -0.05) is 0 Å².